The largest absolute Gasteiger partial charge is 0.508 e. The fourth-order valence-electron chi connectivity index (χ4n) is 3.05. The first-order valence-corrected chi connectivity index (χ1v) is 6.88. The Morgan fingerprint density at radius 1 is 0.955 bits per heavy atom. The molecule has 0 saturated heterocycles. The van der Waals surface area contributed by atoms with Crippen molar-refractivity contribution in [2.45, 2.75) is 24.9 Å². The molecule has 2 aliphatic rings. The molecule has 0 spiro atoms. The van der Waals surface area contributed by atoms with Crippen molar-refractivity contribution in [3.05, 3.63) is 47.0 Å². The lowest BCUT2D eigenvalue weighted by Gasteiger charge is -2.40. The zero-order valence-electron chi connectivity index (χ0n) is 11.4. The molecule has 114 valence electrons. The minimum absolute atomic E-state index is 0.0369. The molecule has 0 aromatic heterocycles. The molecule has 2 aliphatic heterocycles. The second-order valence-corrected chi connectivity index (χ2v) is 5.52. The number of rotatable bonds is 0. The number of fused-ring (bicyclic) bond motifs is 4. The van der Waals surface area contributed by atoms with Crippen molar-refractivity contribution in [1.82, 2.24) is 0 Å². The van der Waals surface area contributed by atoms with Crippen LogP contribution in [-0.4, -0.2) is 26.5 Å². The first-order chi connectivity index (χ1) is 10.5. The van der Waals surface area contributed by atoms with Crippen LogP contribution in [0.1, 0.15) is 28.9 Å². The molecule has 0 radical (unpaired) electrons. The van der Waals surface area contributed by atoms with Crippen LogP contribution in [0, 0.1) is 0 Å². The third kappa shape index (κ3) is 1.81. The third-order valence-corrected chi connectivity index (χ3v) is 4.15. The normalized spacial score (nSPS) is 25.6. The van der Waals surface area contributed by atoms with Gasteiger partial charge in [0.15, 0.2) is 17.6 Å². The topological polar surface area (TPSA) is 99.4 Å². The van der Waals surface area contributed by atoms with Crippen molar-refractivity contribution in [2.24, 2.45) is 0 Å². The number of benzene rings is 2. The summed E-state index contributed by atoms with van der Waals surface area (Å²) in [6.07, 6.45) is -2.15. The molecule has 6 nitrogen and oxygen atoms in total. The maximum atomic E-state index is 10.5. The summed E-state index contributed by atoms with van der Waals surface area (Å²) in [5, 5.41) is 39.4. The molecule has 2 aromatic rings. The molecule has 3 atom stereocenters. The maximum Gasteiger partial charge on any atom is 0.157 e. The van der Waals surface area contributed by atoms with E-state index in [1.165, 1.54) is 24.3 Å². The van der Waals surface area contributed by atoms with E-state index in [1.54, 1.807) is 6.07 Å². The summed E-state index contributed by atoms with van der Waals surface area (Å²) in [7, 11) is 0. The van der Waals surface area contributed by atoms with Crippen LogP contribution in [0.3, 0.4) is 0 Å². The summed E-state index contributed by atoms with van der Waals surface area (Å²) in [4.78, 5) is 0. The van der Waals surface area contributed by atoms with Crippen LogP contribution in [0.5, 0.6) is 23.0 Å². The lowest BCUT2D eigenvalue weighted by molar-refractivity contribution is -0.127. The highest BCUT2D eigenvalue weighted by Crippen LogP contribution is 2.48. The zero-order chi connectivity index (χ0) is 15.4. The average Bonchev–Trinajstić information content (AvgIpc) is 2.48. The van der Waals surface area contributed by atoms with Gasteiger partial charge in [-0.25, -0.2) is 0 Å². The SMILES string of the molecule is Oc1ccc2c(c1)O[C@@H]1c3cc(O)c(O)cc3CO[C@H]1[C@@H]2O. The van der Waals surface area contributed by atoms with Gasteiger partial charge >= 0.3 is 0 Å². The van der Waals surface area contributed by atoms with Gasteiger partial charge in [0.25, 0.3) is 0 Å². The fourth-order valence-corrected chi connectivity index (χ4v) is 3.05. The van der Waals surface area contributed by atoms with E-state index in [0.717, 1.165) is 0 Å². The van der Waals surface area contributed by atoms with Gasteiger partial charge in [-0.05, 0) is 29.8 Å². The monoisotopic (exact) mass is 302 g/mol. The van der Waals surface area contributed by atoms with Crippen LogP contribution < -0.4 is 4.74 Å². The van der Waals surface area contributed by atoms with Crippen LogP contribution in [0.2, 0.25) is 0 Å². The van der Waals surface area contributed by atoms with Gasteiger partial charge < -0.3 is 29.9 Å². The van der Waals surface area contributed by atoms with E-state index in [-0.39, 0.29) is 23.9 Å². The van der Waals surface area contributed by atoms with Gasteiger partial charge in [0.1, 0.15) is 23.7 Å². The number of ether oxygens (including phenoxy) is 2. The van der Waals surface area contributed by atoms with E-state index in [9.17, 15) is 20.4 Å². The van der Waals surface area contributed by atoms with Crippen molar-refractivity contribution in [2.75, 3.05) is 0 Å². The highest BCUT2D eigenvalue weighted by atomic mass is 16.6. The number of aromatic hydroxyl groups is 3. The van der Waals surface area contributed by atoms with E-state index < -0.39 is 18.3 Å². The van der Waals surface area contributed by atoms with Crippen LogP contribution in [0.15, 0.2) is 30.3 Å². The smallest absolute Gasteiger partial charge is 0.157 e. The number of hydrogen-bond acceptors (Lipinski definition) is 6. The molecule has 6 heteroatoms. The van der Waals surface area contributed by atoms with Crippen LogP contribution >= 0.6 is 0 Å². The molecular weight excluding hydrogens is 288 g/mol. The zero-order valence-corrected chi connectivity index (χ0v) is 11.4. The second-order valence-electron chi connectivity index (χ2n) is 5.52. The maximum absolute atomic E-state index is 10.5. The van der Waals surface area contributed by atoms with E-state index in [0.29, 0.717) is 22.4 Å². The molecule has 0 bridgehead atoms. The number of aliphatic hydroxyl groups excluding tert-OH is 1. The molecule has 0 unspecified atom stereocenters. The first-order valence-electron chi connectivity index (χ1n) is 6.88. The van der Waals surface area contributed by atoms with Crippen molar-refractivity contribution < 1.29 is 29.9 Å². The Kier molecular flexibility index (Phi) is 2.72. The van der Waals surface area contributed by atoms with Gasteiger partial charge in [-0.3, -0.25) is 0 Å². The summed E-state index contributed by atoms with van der Waals surface area (Å²) >= 11 is 0. The molecule has 0 saturated carbocycles. The Labute approximate surface area is 125 Å². The first kappa shape index (κ1) is 13.2. The van der Waals surface area contributed by atoms with E-state index in [2.05, 4.69) is 0 Å². The minimum Gasteiger partial charge on any atom is -0.508 e. The van der Waals surface area contributed by atoms with Crippen LogP contribution in [-0.2, 0) is 11.3 Å². The quantitative estimate of drug-likeness (QED) is 0.554. The van der Waals surface area contributed by atoms with Crippen LogP contribution in [0.25, 0.3) is 0 Å². The van der Waals surface area contributed by atoms with Crippen molar-refractivity contribution >= 4 is 0 Å². The van der Waals surface area contributed by atoms with Crippen molar-refractivity contribution in [3.63, 3.8) is 0 Å². The van der Waals surface area contributed by atoms with Gasteiger partial charge in [-0.2, -0.15) is 0 Å². The minimum atomic E-state index is -0.904. The Bertz CT molecular complexity index is 757. The number of hydrogen-bond donors (Lipinski definition) is 4. The second kappa shape index (κ2) is 4.53. The summed E-state index contributed by atoms with van der Waals surface area (Å²) in [5.74, 6) is -0.0675. The Hall–Kier alpha value is -2.44. The predicted molar refractivity (Wildman–Crippen MR) is 74.8 cm³/mol. The van der Waals surface area contributed by atoms with E-state index in [4.69, 9.17) is 9.47 Å². The summed E-state index contributed by atoms with van der Waals surface area (Å²) in [6.45, 7) is 0.207. The summed E-state index contributed by atoms with van der Waals surface area (Å²) in [5.41, 5.74) is 1.89. The number of phenolic OH excluding ortho intramolecular Hbond substituents is 3. The Balaban J connectivity index is 1.83. The Morgan fingerprint density at radius 3 is 2.55 bits per heavy atom. The fraction of sp³-hybridized carbons (Fsp3) is 0.250. The molecule has 2 heterocycles. The highest BCUT2D eigenvalue weighted by molar-refractivity contribution is 5.50. The molecule has 0 aliphatic carbocycles. The summed E-state index contributed by atoms with van der Waals surface area (Å²) < 4.78 is 11.5. The molecule has 0 amide bonds. The van der Waals surface area contributed by atoms with Gasteiger partial charge in [0.05, 0.1) is 6.61 Å². The van der Waals surface area contributed by atoms with Crippen molar-refractivity contribution in [3.8, 4) is 23.0 Å². The molecular formula is C16H14O6. The molecule has 4 rings (SSSR count). The van der Waals surface area contributed by atoms with Crippen molar-refractivity contribution in [1.29, 1.82) is 0 Å². The average molecular weight is 302 g/mol. The van der Waals surface area contributed by atoms with E-state index in [1.807, 2.05) is 0 Å². The standard InChI is InChI=1S/C16H14O6/c17-8-1-2-9-13(4-8)22-15-10-5-12(19)11(18)3-7(10)6-21-16(15)14(9)20/h1-5,14-20H,6H2/t14-,15-,16+/m1/s1. The van der Waals surface area contributed by atoms with Gasteiger partial charge in [-0.1, -0.05) is 0 Å². The molecule has 0 fully saturated rings. The third-order valence-electron chi connectivity index (χ3n) is 4.15. The molecule has 2 aromatic carbocycles. The van der Waals surface area contributed by atoms with Gasteiger partial charge in [0, 0.05) is 17.2 Å². The number of phenols is 3. The van der Waals surface area contributed by atoms with Crippen LogP contribution in [0.4, 0.5) is 0 Å². The molecule has 22 heavy (non-hydrogen) atoms. The predicted octanol–water partition coefficient (Wildman–Crippen LogP) is 1.87. The summed E-state index contributed by atoms with van der Waals surface area (Å²) in [6, 6.07) is 7.36. The Morgan fingerprint density at radius 2 is 1.73 bits per heavy atom. The highest BCUT2D eigenvalue weighted by Gasteiger charge is 2.43. The van der Waals surface area contributed by atoms with Gasteiger partial charge in [-0.15, -0.1) is 0 Å². The lowest BCUT2D eigenvalue weighted by Crippen LogP contribution is -2.39. The number of aliphatic hydroxyl groups is 1. The lowest BCUT2D eigenvalue weighted by atomic mass is 9.87. The molecule has 4 N–H and O–H groups in total. The van der Waals surface area contributed by atoms with E-state index >= 15 is 0 Å². The van der Waals surface area contributed by atoms with Gasteiger partial charge in [0.2, 0.25) is 0 Å².